The van der Waals surface area contributed by atoms with Gasteiger partial charge in [-0.1, -0.05) is 6.92 Å². The average Bonchev–Trinajstić information content (AvgIpc) is 2.38. The molecule has 0 spiro atoms. The summed E-state index contributed by atoms with van der Waals surface area (Å²) in [6, 6.07) is 0. The molecule has 0 radical (unpaired) electrons. The van der Waals surface area contributed by atoms with Gasteiger partial charge in [-0.3, -0.25) is 9.69 Å². The van der Waals surface area contributed by atoms with Gasteiger partial charge in [-0.25, -0.2) is 9.59 Å². The Hall–Kier alpha value is -2.11. The molecule has 6 nitrogen and oxygen atoms in total. The zero-order chi connectivity index (χ0) is 13.7. The first kappa shape index (κ1) is 14.0. The lowest BCUT2D eigenvalue weighted by atomic mass is 9.92. The lowest BCUT2D eigenvalue weighted by molar-refractivity contribution is -0.139. The summed E-state index contributed by atoms with van der Waals surface area (Å²) < 4.78 is 9.41. The van der Waals surface area contributed by atoms with Crippen LogP contribution < -0.4 is 0 Å². The Morgan fingerprint density at radius 2 is 2.11 bits per heavy atom. The molecular formula is C12H15NO5. The van der Waals surface area contributed by atoms with E-state index in [0.717, 1.165) is 4.90 Å². The number of methoxy groups -OCH3 is 1. The highest BCUT2D eigenvalue weighted by molar-refractivity contribution is 5.93. The summed E-state index contributed by atoms with van der Waals surface area (Å²) in [6.45, 7) is 3.60. The summed E-state index contributed by atoms with van der Waals surface area (Å²) in [5, 5.41) is 0. The highest BCUT2D eigenvalue weighted by Gasteiger charge is 2.28. The van der Waals surface area contributed by atoms with Gasteiger partial charge in [-0.05, 0) is 6.92 Å². The molecule has 0 aromatic rings. The molecule has 1 amide bonds. The van der Waals surface area contributed by atoms with Crippen LogP contribution in [0.25, 0.3) is 0 Å². The van der Waals surface area contributed by atoms with Gasteiger partial charge in [-0.15, -0.1) is 0 Å². The molecule has 0 bridgehead atoms. The van der Waals surface area contributed by atoms with Crippen LogP contribution in [-0.4, -0.2) is 37.0 Å². The van der Waals surface area contributed by atoms with Crippen molar-refractivity contribution in [3.8, 4) is 0 Å². The zero-order valence-corrected chi connectivity index (χ0v) is 10.5. The van der Waals surface area contributed by atoms with Crippen LogP contribution in [0.15, 0.2) is 23.5 Å². The number of nitrogens with zero attached hydrogens (tertiary/aromatic N) is 1. The third-order valence-corrected chi connectivity index (χ3v) is 2.57. The Morgan fingerprint density at radius 1 is 1.44 bits per heavy atom. The topological polar surface area (TPSA) is 72.9 Å². The number of hydrogen-bond acceptors (Lipinski definition) is 5. The third-order valence-electron chi connectivity index (χ3n) is 2.57. The van der Waals surface area contributed by atoms with Gasteiger partial charge in [0.05, 0.1) is 19.3 Å². The molecular weight excluding hydrogens is 238 g/mol. The van der Waals surface area contributed by atoms with Crippen molar-refractivity contribution in [2.75, 3.05) is 13.7 Å². The molecule has 1 heterocycles. The van der Waals surface area contributed by atoms with Gasteiger partial charge in [-0.2, -0.15) is 0 Å². The van der Waals surface area contributed by atoms with Crippen LogP contribution in [0.4, 0.5) is 4.79 Å². The molecule has 0 saturated carbocycles. The fraction of sp³-hybridized carbons (Fsp3) is 0.417. The van der Waals surface area contributed by atoms with Gasteiger partial charge >= 0.3 is 12.1 Å². The summed E-state index contributed by atoms with van der Waals surface area (Å²) >= 11 is 0. The molecule has 0 saturated heterocycles. The van der Waals surface area contributed by atoms with Crippen molar-refractivity contribution in [3.63, 3.8) is 0 Å². The fourth-order valence-corrected chi connectivity index (χ4v) is 1.54. The highest BCUT2D eigenvalue weighted by atomic mass is 16.5. The molecule has 1 atom stereocenters. The van der Waals surface area contributed by atoms with Gasteiger partial charge in [0.25, 0.3) is 0 Å². The summed E-state index contributed by atoms with van der Waals surface area (Å²) in [5.41, 5.74) is 0.554. The molecule has 1 rings (SSSR count). The Balaban J connectivity index is 3.07. The largest absolute Gasteiger partial charge is 0.463 e. The van der Waals surface area contributed by atoms with Crippen LogP contribution >= 0.6 is 0 Å². The lowest BCUT2D eigenvalue weighted by Gasteiger charge is -2.24. The summed E-state index contributed by atoms with van der Waals surface area (Å²) in [6.07, 6.45) is 2.59. The van der Waals surface area contributed by atoms with Crippen LogP contribution in [0.1, 0.15) is 13.8 Å². The molecule has 0 aliphatic carbocycles. The third kappa shape index (κ3) is 2.77. The monoisotopic (exact) mass is 253 g/mol. The smallest absolute Gasteiger partial charge is 0.417 e. The van der Waals surface area contributed by atoms with Crippen LogP contribution in [-0.2, 0) is 19.1 Å². The maximum absolute atomic E-state index is 11.7. The second kappa shape index (κ2) is 6.00. The average molecular weight is 253 g/mol. The number of allylic oxidation sites excluding steroid dienone is 1. The van der Waals surface area contributed by atoms with E-state index in [1.165, 1.54) is 19.5 Å². The minimum atomic E-state index is -0.678. The Morgan fingerprint density at radius 3 is 2.61 bits per heavy atom. The fourth-order valence-electron chi connectivity index (χ4n) is 1.54. The predicted molar refractivity (Wildman–Crippen MR) is 62.3 cm³/mol. The molecule has 98 valence electrons. The van der Waals surface area contributed by atoms with Crippen LogP contribution in [0.3, 0.4) is 0 Å². The van der Waals surface area contributed by atoms with Crippen molar-refractivity contribution in [1.29, 1.82) is 0 Å². The molecule has 0 fully saturated rings. The molecule has 6 heteroatoms. The van der Waals surface area contributed by atoms with Crippen LogP contribution in [0.5, 0.6) is 0 Å². The normalized spacial score (nSPS) is 18.6. The number of hydrogen-bond donors (Lipinski definition) is 0. The number of carbonyl (C=O) groups is 3. The van der Waals surface area contributed by atoms with E-state index in [0.29, 0.717) is 11.9 Å². The van der Waals surface area contributed by atoms with E-state index in [9.17, 15) is 14.4 Å². The van der Waals surface area contributed by atoms with E-state index in [1.807, 2.05) is 0 Å². The molecule has 18 heavy (non-hydrogen) atoms. The minimum absolute atomic E-state index is 0.223. The minimum Gasteiger partial charge on any atom is -0.463 e. The number of rotatable bonds is 3. The second-order valence-corrected chi connectivity index (χ2v) is 3.65. The van der Waals surface area contributed by atoms with E-state index < -0.39 is 18.0 Å². The molecule has 1 unspecified atom stereocenters. The summed E-state index contributed by atoms with van der Waals surface area (Å²) in [5.74, 6) is -0.964. The maximum atomic E-state index is 11.7. The number of esters is 1. The molecule has 0 aromatic heterocycles. The molecule has 1 aliphatic rings. The lowest BCUT2D eigenvalue weighted by Crippen LogP contribution is -2.29. The van der Waals surface area contributed by atoms with Crippen molar-refractivity contribution in [1.82, 2.24) is 4.90 Å². The van der Waals surface area contributed by atoms with Crippen molar-refractivity contribution in [2.45, 2.75) is 13.8 Å². The quantitative estimate of drug-likeness (QED) is 0.558. The van der Waals surface area contributed by atoms with Gasteiger partial charge in [0.2, 0.25) is 0 Å². The maximum Gasteiger partial charge on any atom is 0.417 e. The van der Waals surface area contributed by atoms with E-state index in [2.05, 4.69) is 4.74 Å². The van der Waals surface area contributed by atoms with E-state index in [-0.39, 0.29) is 12.2 Å². The first-order valence-corrected chi connectivity index (χ1v) is 5.47. The van der Waals surface area contributed by atoms with Gasteiger partial charge in [0, 0.05) is 23.9 Å². The number of ether oxygens (including phenoxy) is 2. The van der Waals surface area contributed by atoms with Crippen LogP contribution in [0.2, 0.25) is 0 Å². The molecule has 1 aliphatic heterocycles. The van der Waals surface area contributed by atoms with Crippen molar-refractivity contribution >= 4 is 18.3 Å². The Bertz CT molecular complexity index is 424. The number of amides is 1. The van der Waals surface area contributed by atoms with E-state index in [1.54, 1.807) is 13.8 Å². The Kier molecular flexibility index (Phi) is 4.65. The van der Waals surface area contributed by atoms with Gasteiger partial charge < -0.3 is 9.47 Å². The first-order chi connectivity index (χ1) is 8.54. The summed E-state index contributed by atoms with van der Waals surface area (Å²) in [7, 11) is 1.21. The predicted octanol–water partition coefficient (Wildman–Crippen LogP) is 1.23. The summed E-state index contributed by atoms with van der Waals surface area (Å²) in [4.78, 5) is 35.1. The molecule has 0 N–H and O–H groups in total. The second-order valence-electron chi connectivity index (χ2n) is 3.65. The van der Waals surface area contributed by atoms with Crippen molar-refractivity contribution < 1.29 is 23.9 Å². The van der Waals surface area contributed by atoms with E-state index in [4.69, 9.17) is 4.74 Å². The van der Waals surface area contributed by atoms with Crippen molar-refractivity contribution in [3.05, 3.63) is 23.5 Å². The zero-order valence-electron chi connectivity index (χ0n) is 10.5. The van der Waals surface area contributed by atoms with Gasteiger partial charge in [0.15, 0.2) is 0 Å². The Labute approximate surface area is 105 Å². The number of carbonyl (C=O) groups excluding carboxylic acids is 3. The van der Waals surface area contributed by atoms with Gasteiger partial charge in [0.1, 0.15) is 6.29 Å². The molecule has 0 aromatic carbocycles. The SMILES string of the molecule is CCOC(=O)C1=CN(C(=O)OC)C=C(C=O)C1C. The highest BCUT2D eigenvalue weighted by Crippen LogP contribution is 2.26. The van der Waals surface area contributed by atoms with Crippen LogP contribution in [0, 0.1) is 5.92 Å². The first-order valence-electron chi connectivity index (χ1n) is 5.47. The van der Waals surface area contributed by atoms with E-state index >= 15 is 0 Å². The number of aldehydes is 1. The standard InChI is InChI=1S/C12H15NO5/c1-4-18-11(15)10-6-13(12(16)17-3)5-9(7-14)8(10)2/h5-8H,4H2,1-3H3. The van der Waals surface area contributed by atoms with Crippen molar-refractivity contribution in [2.24, 2.45) is 5.92 Å².